The van der Waals surface area contributed by atoms with Crippen LogP contribution in [0.2, 0.25) is 0 Å². The first kappa shape index (κ1) is 20.0. The number of epoxide rings is 2. The Labute approximate surface area is 143 Å². The minimum atomic E-state index is 0. The lowest BCUT2D eigenvalue weighted by atomic mass is 10.3. The molecule has 0 bridgehead atoms. The molecule has 2 unspecified atom stereocenters. The zero-order chi connectivity index (χ0) is 16.3. The van der Waals surface area contributed by atoms with Crippen molar-refractivity contribution in [3.63, 3.8) is 0 Å². The van der Waals surface area contributed by atoms with Crippen LogP contribution in [-0.4, -0.2) is 48.8 Å². The van der Waals surface area contributed by atoms with Gasteiger partial charge in [0.2, 0.25) is 0 Å². The van der Waals surface area contributed by atoms with Crippen molar-refractivity contribution < 1.29 is 24.4 Å². The van der Waals surface area contributed by atoms with Crippen LogP contribution in [0.5, 0.6) is 11.5 Å². The predicted octanol–water partition coefficient (Wildman–Crippen LogP) is 3.22. The van der Waals surface area contributed by atoms with Gasteiger partial charge in [0.05, 0.1) is 26.4 Å². The summed E-state index contributed by atoms with van der Waals surface area (Å²) < 4.78 is 15.1. The molecule has 24 heavy (non-hydrogen) atoms. The molecular formula is C19H26O5. The average molecular weight is 334 g/mol. The molecule has 2 heterocycles. The highest BCUT2D eigenvalue weighted by Gasteiger charge is 2.26. The van der Waals surface area contributed by atoms with Crippen LogP contribution in [0, 0.1) is 0 Å². The molecule has 2 N–H and O–H groups in total. The molecule has 4 rings (SSSR count). The Balaban J connectivity index is 0.000000179. The van der Waals surface area contributed by atoms with E-state index in [2.05, 4.69) is 0 Å². The summed E-state index contributed by atoms with van der Waals surface area (Å²) in [7, 11) is 0. The number of ether oxygens (including phenoxy) is 3. The topological polar surface area (TPSA) is 74.8 Å². The molecule has 2 aromatic carbocycles. The second-order valence-corrected chi connectivity index (χ2v) is 5.12. The number of rotatable bonds is 4. The lowest BCUT2D eigenvalue weighted by Gasteiger charge is -1.95. The molecule has 0 aromatic heterocycles. The largest absolute Gasteiger partial charge is 0.508 e. The molecule has 2 aliphatic rings. The summed E-state index contributed by atoms with van der Waals surface area (Å²) in [6.07, 6.45) is 0.785. The fourth-order valence-corrected chi connectivity index (χ4v) is 1.52. The van der Waals surface area contributed by atoms with Gasteiger partial charge in [-0.2, -0.15) is 0 Å². The number of phenols is 2. The standard InChI is InChI=1S/C6H10O3.2C6H6O.CH4/c1(5-3-8-5)7-2-6-4-9-6;2*7-6-4-2-1-3-5-6;/h5-6H,1-4H2;2*1-5,7H;1H4. The van der Waals surface area contributed by atoms with Gasteiger partial charge in [-0.05, 0) is 24.3 Å². The van der Waals surface area contributed by atoms with E-state index < -0.39 is 0 Å². The minimum Gasteiger partial charge on any atom is -0.508 e. The van der Waals surface area contributed by atoms with Crippen LogP contribution in [-0.2, 0) is 14.2 Å². The Hall–Kier alpha value is -2.08. The maximum atomic E-state index is 8.63. The van der Waals surface area contributed by atoms with Crippen molar-refractivity contribution in [3.05, 3.63) is 60.7 Å². The highest BCUT2D eigenvalue weighted by Crippen LogP contribution is 2.12. The second-order valence-electron chi connectivity index (χ2n) is 5.12. The maximum Gasteiger partial charge on any atom is 0.115 e. The zero-order valence-corrected chi connectivity index (χ0v) is 12.9. The van der Waals surface area contributed by atoms with Gasteiger partial charge in [0.15, 0.2) is 0 Å². The molecular weight excluding hydrogens is 308 g/mol. The van der Waals surface area contributed by atoms with Crippen LogP contribution in [0.3, 0.4) is 0 Å². The molecule has 5 heteroatoms. The van der Waals surface area contributed by atoms with Gasteiger partial charge in [-0.3, -0.25) is 0 Å². The molecule has 132 valence electrons. The van der Waals surface area contributed by atoms with Crippen molar-refractivity contribution in [1.82, 2.24) is 0 Å². The van der Waals surface area contributed by atoms with E-state index in [1.807, 2.05) is 12.1 Å². The first-order chi connectivity index (χ1) is 11.2. The van der Waals surface area contributed by atoms with Gasteiger partial charge in [0, 0.05) is 0 Å². The summed E-state index contributed by atoms with van der Waals surface area (Å²) in [6.45, 7) is 3.26. The molecule has 2 fully saturated rings. The summed E-state index contributed by atoms with van der Waals surface area (Å²) in [6, 6.07) is 17.4. The van der Waals surface area contributed by atoms with E-state index in [4.69, 9.17) is 24.4 Å². The Morgan fingerprint density at radius 3 is 1.29 bits per heavy atom. The third kappa shape index (κ3) is 10.6. The average Bonchev–Trinajstić information content (AvgIpc) is 3.46. The van der Waals surface area contributed by atoms with Crippen molar-refractivity contribution >= 4 is 0 Å². The second kappa shape index (κ2) is 11.5. The first-order valence-electron chi connectivity index (χ1n) is 7.53. The minimum absolute atomic E-state index is 0. The fourth-order valence-electron chi connectivity index (χ4n) is 1.52. The van der Waals surface area contributed by atoms with Gasteiger partial charge in [0.25, 0.3) is 0 Å². The van der Waals surface area contributed by atoms with Crippen molar-refractivity contribution in [2.24, 2.45) is 0 Å². The van der Waals surface area contributed by atoms with Gasteiger partial charge in [-0.15, -0.1) is 0 Å². The molecule has 2 saturated heterocycles. The van der Waals surface area contributed by atoms with Crippen LogP contribution in [0.1, 0.15) is 7.43 Å². The van der Waals surface area contributed by atoms with Gasteiger partial charge < -0.3 is 24.4 Å². The molecule has 2 aliphatic heterocycles. The van der Waals surface area contributed by atoms with E-state index in [0.29, 0.717) is 23.7 Å². The van der Waals surface area contributed by atoms with Crippen molar-refractivity contribution in [3.8, 4) is 11.5 Å². The van der Waals surface area contributed by atoms with Crippen LogP contribution in [0.15, 0.2) is 60.7 Å². The lowest BCUT2D eigenvalue weighted by molar-refractivity contribution is 0.102. The Bertz CT molecular complexity index is 474. The Morgan fingerprint density at radius 2 is 1.08 bits per heavy atom. The van der Waals surface area contributed by atoms with Gasteiger partial charge in [-0.1, -0.05) is 43.8 Å². The van der Waals surface area contributed by atoms with E-state index >= 15 is 0 Å². The van der Waals surface area contributed by atoms with Gasteiger partial charge >= 0.3 is 0 Å². The van der Waals surface area contributed by atoms with E-state index in [-0.39, 0.29) is 7.43 Å². The van der Waals surface area contributed by atoms with E-state index in [9.17, 15) is 0 Å². The zero-order valence-electron chi connectivity index (χ0n) is 12.9. The third-order valence-electron chi connectivity index (χ3n) is 2.92. The van der Waals surface area contributed by atoms with Crippen LogP contribution >= 0.6 is 0 Å². The summed E-state index contributed by atoms with van der Waals surface area (Å²) in [5.41, 5.74) is 0. The van der Waals surface area contributed by atoms with E-state index in [1.165, 1.54) is 0 Å². The number of hydrogen-bond acceptors (Lipinski definition) is 5. The Morgan fingerprint density at radius 1 is 0.750 bits per heavy atom. The molecule has 0 spiro atoms. The van der Waals surface area contributed by atoms with Crippen molar-refractivity contribution in [2.75, 3.05) is 26.4 Å². The smallest absolute Gasteiger partial charge is 0.115 e. The molecule has 0 amide bonds. The normalized spacial score (nSPS) is 19.5. The lowest BCUT2D eigenvalue weighted by Crippen LogP contribution is -2.06. The number of phenolic OH excluding ortho intramolecular Hbond substituents is 2. The number of para-hydroxylation sites is 2. The number of hydrogen-bond donors (Lipinski definition) is 2. The monoisotopic (exact) mass is 334 g/mol. The molecule has 0 aliphatic carbocycles. The fraction of sp³-hybridized carbons (Fsp3) is 0.368. The van der Waals surface area contributed by atoms with Crippen molar-refractivity contribution in [1.29, 1.82) is 0 Å². The summed E-state index contributed by atoms with van der Waals surface area (Å²) in [5.74, 6) is 0.644. The Kier molecular flexibility index (Phi) is 9.53. The SMILES string of the molecule is C.C(OCC1CO1)C1CO1.Oc1ccccc1.Oc1ccccc1. The highest BCUT2D eigenvalue weighted by molar-refractivity contribution is 5.19. The summed E-state index contributed by atoms with van der Waals surface area (Å²) in [5, 5.41) is 17.3. The predicted molar refractivity (Wildman–Crippen MR) is 93.2 cm³/mol. The molecule has 2 atom stereocenters. The maximum absolute atomic E-state index is 8.63. The summed E-state index contributed by atoms with van der Waals surface area (Å²) in [4.78, 5) is 0. The molecule has 0 radical (unpaired) electrons. The molecule has 0 saturated carbocycles. The van der Waals surface area contributed by atoms with Crippen molar-refractivity contribution in [2.45, 2.75) is 19.6 Å². The number of benzene rings is 2. The van der Waals surface area contributed by atoms with Gasteiger partial charge in [0.1, 0.15) is 23.7 Å². The van der Waals surface area contributed by atoms with E-state index in [0.717, 1.165) is 26.4 Å². The molecule has 5 nitrogen and oxygen atoms in total. The first-order valence-corrected chi connectivity index (χ1v) is 7.53. The van der Waals surface area contributed by atoms with Gasteiger partial charge in [-0.25, -0.2) is 0 Å². The van der Waals surface area contributed by atoms with E-state index in [1.54, 1.807) is 48.5 Å². The molecule has 2 aromatic rings. The third-order valence-corrected chi connectivity index (χ3v) is 2.92. The summed E-state index contributed by atoms with van der Waals surface area (Å²) >= 11 is 0. The highest BCUT2D eigenvalue weighted by atomic mass is 16.6. The quantitative estimate of drug-likeness (QED) is 0.840. The van der Waals surface area contributed by atoms with Crippen LogP contribution in [0.4, 0.5) is 0 Å². The van der Waals surface area contributed by atoms with Crippen LogP contribution < -0.4 is 0 Å². The van der Waals surface area contributed by atoms with Crippen LogP contribution in [0.25, 0.3) is 0 Å². The number of aromatic hydroxyl groups is 2.